The number of carboxylic acid groups (broad SMARTS) is 1. The molecule has 3 rings (SSSR count). The summed E-state index contributed by atoms with van der Waals surface area (Å²) in [6, 6.07) is 17.3. The number of primary sulfonamides is 1. The van der Waals surface area contributed by atoms with E-state index in [-0.39, 0.29) is 22.9 Å². The first-order chi connectivity index (χ1) is 17.8. The van der Waals surface area contributed by atoms with Crippen LogP contribution in [0.3, 0.4) is 0 Å². The van der Waals surface area contributed by atoms with Crippen LogP contribution in [0.25, 0.3) is 16.9 Å². The van der Waals surface area contributed by atoms with E-state index in [4.69, 9.17) is 10.2 Å². The first-order valence-electron chi connectivity index (χ1n) is 12.5. The van der Waals surface area contributed by atoms with Gasteiger partial charge in [-0.05, 0) is 43.2 Å². The monoisotopic (exact) mass is 526 g/mol. The van der Waals surface area contributed by atoms with Gasteiger partial charge in [0.1, 0.15) is 0 Å². The van der Waals surface area contributed by atoms with Gasteiger partial charge in [-0.1, -0.05) is 68.9 Å². The molecule has 2 aromatic carbocycles. The number of carbonyl (C=O) groups excluding carboxylic acids is 1. The molecule has 3 aromatic rings. The van der Waals surface area contributed by atoms with Crippen LogP contribution in [0.5, 0.6) is 0 Å². The first kappa shape index (κ1) is 28.1. The summed E-state index contributed by atoms with van der Waals surface area (Å²) in [7, 11) is -3.81. The number of rotatable bonds is 15. The molecule has 0 spiro atoms. The van der Waals surface area contributed by atoms with Crippen LogP contribution in [0.15, 0.2) is 65.6 Å². The van der Waals surface area contributed by atoms with Crippen LogP contribution >= 0.6 is 0 Å². The van der Waals surface area contributed by atoms with Gasteiger partial charge in [0.2, 0.25) is 10.0 Å². The average molecular weight is 527 g/mol. The zero-order valence-corrected chi connectivity index (χ0v) is 21.6. The fourth-order valence-corrected chi connectivity index (χ4v) is 4.55. The first-order valence-corrected chi connectivity index (χ1v) is 14.1. The number of nitrogens with zero attached hydrogens (tertiary/aromatic N) is 2. The summed E-state index contributed by atoms with van der Waals surface area (Å²) < 4.78 is 24.8. The fraction of sp³-hybridized carbons (Fsp3) is 0.370. The Morgan fingerprint density at radius 3 is 2.05 bits per heavy atom. The van der Waals surface area contributed by atoms with E-state index < -0.39 is 16.0 Å². The minimum Gasteiger partial charge on any atom is -0.481 e. The van der Waals surface area contributed by atoms with Crippen molar-refractivity contribution in [1.82, 2.24) is 15.1 Å². The molecule has 198 valence electrons. The van der Waals surface area contributed by atoms with Crippen molar-refractivity contribution < 1.29 is 23.1 Å². The van der Waals surface area contributed by atoms with Crippen LogP contribution in [0.2, 0.25) is 0 Å². The molecular weight excluding hydrogens is 492 g/mol. The Morgan fingerprint density at radius 2 is 1.46 bits per heavy atom. The van der Waals surface area contributed by atoms with Crippen molar-refractivity contribution in [2.45, 2.75) is 62.7 Å². The van der Waals surface area contributed by atoms with Crippen molar-refractivity contribution in [3.8, 4) is 16.9 Å². The summed E-state index contributed by atoms with van der Waals surface area (Å²) in [6.45, 7) is 0.550. The van der Waals surface area contributed by atoms with Gasteiger partial charge in [-0.3, -0.25) is 9.59 Å². The molecule has 9 nitrogen and oxygen atoms in total. The zero-order chi connectivity index (χ0) is 26.7. The number of amides is 1. The Hall–Kier alpha value is -3.50. The van der Waals surface area contributed by atoms with E-state index in [9.17, 15) is 18.0 Å². The molecule has 10 heteroatoms. The number of nitrogens with one attached hydrogen (secondary N) is 1. The lowest BCUT2D eigenvalue weighted by atomic mass is 10.1. The predicted octanol–water partition coefficient (Wildman–Crippen LogP) is 4.51. The van der Waals surface area contributed by atoms with Crippen LogP contribution in [0, 0.1) is 0 Å². The third-order valence-electron chi connectivity index (χ3n) is 6.02. The van der Waals surface area contributed by atoms with Gasteiger partial charge in [-0.2, -0.15) is 5.10 Å². The number of carboxylic acids is 1. The lowest BCUT2D eigenvalue weighted by Crippen LogP contribution is -2.25. The molecule has 0 aliphatic heterocycles. The summed E-state index contributed by atoms with van der Waals surface area (Å²) in [6.07, 6.45) is 8.16. The van der Waals surface area contributed by atoms with E-state index >= 15 is 0 Å². The number of hydrogen-bond donors (Lipinski definition) is 3. The van der Waals surface area contributed by atoms with Gasteiger partial charge in [0, 0.05) is 18.5 Å². The van der Waals surface area contributed by atoms with Crippen LogP contribution in [-0.2, 0) is 14.8 Å². The van der Waals surface area contributed by atoms with E-state index in [1.807, 2.05) is 30.3 Å². The molecule has 1 heterocycles. The molecule has 1 aromatic heterocycles. The number of carbonyl (C=O) groups is 2. The van der Waals surface area contributed by atoms with Gasteiger partial charge in [-0.25, -0.2) is 18.2 Å². The highest BCUT2D eigenvalue weighted by atomic mass is 32.2. The number of benzene rings is 2. The van der Waals surface area contributed by atoms with Crippen molar-refractivity contribution in [2.24, 2.45) is 5.14 Å². The standard InChI is InChI=1S/C27H34N4O5S/c28-37(35,36)23-17-15-22(16-18-23)31-25(21-12-8-7-9-13-21)20-24(30-31)27(34)29-19-11-6-4-2-1-3-5-10-14-26(32)33/h7-9,12-13,15-18,20H,1-6,10-11,14,19H2,(H,29,34)(H,32,33)(H2,28,35,36). The molecule has 37 heavy (non-hydrogen) atoms. The van der Waals surface area contributed by atoms with E-state index in [2.05, 4.69) is 10.4 Å². The second-order valence-electron chi connectivity index (χ2n) is 8.96. The predicted molar refractivity (Wildman–Crippen MR) is 142 cm³/mol. The molecule has 0 saturated carbocycles. The van der Waals surface area contributed by atoms with E-state index in [0.29, 0.717) is 17.9 Å². The number of sulfonamides is 1. The van der Waals surface area contributed by atoms with Crippen molar-refractivity contribution in [3.05, 3.63) is 66.4 Å². The molecular formula is C27H34N4O5S. The number of aromatic nitrogens is 2. The highest BCUT2D eigenvalue weighted by Crippen LogP contribution is 2.24. The smallest absolute Gasteiger partial charge is 0.303 e. The van der Waals surface area contributed by atoms with Gasteiger partial charge in [0.15, 0.2) is 5.69 Å². The van der Waals surface area contributed by atoms with Gasteiger partial charge in [0.05, 0.1) is 16.3 Å². The Balaban J connectivity index is 1.55. The summed E-state index contributed by atoms with van der Waals surface area (Å²) in [5.41, 5.74) is 2.45. The Bertz CT molecular complexity index is 1270. The molecule has 0 radical (unpaired) electrons. The number of aliphatic carboxylic acids is 1. The number of hydrogen-bond acceptors (Lipinski definition) is 5. The van der Waals surface area contributed by atoms with Crippen molar-refractivity contribution in [1.29, 1.82) is 0 Å². The van der Waals surface area contributed by atoms with Gasteiger partial charge in [-0.15, -0.1) is 0 Å². The Morgan fingerprint density at radius 1 is 0.865 bits per heavy atom. The van der Waals surface area contributed by atoms with Gasteiger partial charge >= 0.3 is 5.97 Å². The van der Waals surface area contributed by atoms with E-state index in [1.165, 1.54) is 12.1 Å². The number of unbranched alkanes of at least 4 members (excludes halogenated alkanes) is 7. The Kier molecular flexibility index (Phi) is 10.4. The lowest BCUT2D eigenvalue weighted by molar-refractivity contribution is -0.137. The summed E-state index contributed by atoms with van der Waals surface area (Å²) in [4.78, 5) is 23.3. The van der Waals surface area contributed by atoms with Crippen molar-refractivity contribution in [2.75, 3.05) is 6.54 Å². The maximum Gasteiger partial charge on any atom is 0.303 e. The molecule has 0 bridgehead atoms. The fourth-order valence-electron chi connectivity index (χ4n) is 4.03. The molecule has 0 aliphatic carbocycles. The number of nitrogens with two attached hydrogens (primary N) is 1. The molecule has 0 unspecified atom stereocenters. The van der Waals surface area contributed by atoms with Crippen molar-refractivity contribution >= 4 is 21.9 Å². The van der Waals surface area contributed by atoms with Gasteiger partial charge in [0.25, 0.3) is 5.91 Å². The second kappa shape index (κ2) is 13.7. The maximum atomic E-state index is 12.8. The zero-order valence-electron chi connectivity index (χ0n) is 20.8. The molecule has 0 aliphatic rings. The van der Waals surface area contributed by atoms with E-state index in [0.717, 1.165) is 56.9 Å². The van der Waals surface area contributed by atoms with Crippen LogP contribution in [0.1, 0.15) is 68.3 Å². The SMILES string of the molecule is NS(=O)(=O)c1ccc(-n2nc(C(=O)NCCCCCCCCCCC(=O)O)cc2-c2ccccc2)cc1. The molecule has 0 atom stereocenters. The molecule has 1 amide bonds. The minimum absolute atomic E-state index is 0.000759. The van der Waals surface area contributed by atoms with Crippen molar-refractivity contribution in [3.63, 3.8) is 0 Å². The molecule has 0 saturated heterocycles. The summed E-state index contributed by atoms with van der Waals surface area (Å²) >= 11 is 0. The summed E-state index contributed by atoms with van der Waals surface area (Å²) in [5.74, 6) is -1.00. The minimum atomic E-state index is -3.81. The molecule has 0 fully saturated rings. The van der Waals surface area contributed by atoms with Crippen LogP contribution in [0.4, 0.5) is 0 Å². The van der Waals surface area contributed by atoms with Crippen LogP contribution < -0.4 is 10.5 Å². The highest BCUT2D eigenvalue weighted by Gasteiger charge is 2.17. The third kappa shape index (κ3) is 8.83. The average Bonchev–Trinajstić information content (AvgIpc) is 3.33. The third-order valence-corrected chi connectivity index (χ3v) is 6.95. The van der Waals surface area contributed by atoms with E-state index in [1.54, 1.807) is 22.9 Å². The molecule has 4 N–H and O–H groups in total. The normalized spacial score (nSPS) is 11.4. The van der Waals surface area contributed by atoms with Crippen LogP contribution in [-0.4, -0.2) is 41.7 Å². The second-order valence-corrected chi connectivity index (χ2v) is 10.5. The van der Waals surface area contributed by atoms with Gasteiger partial charge < -0.3 is 10.4 Å². The summed E-state index contributed by atoms with van der Waals surface area (Å²) in [5, 5.41) is 21.3. The lowest BCUT2D eigenvalue weighted by Gasteiger charge is -2.08. The topological polar surface area (TPSA) is 144 Å². The maximum absolute atomic E-state index is 12.8. The highest BCUT2D eigenvalue weighted by molar-refractivity contribution is 7.89. The Labute approximate surface area is 217 Å². The quantitative estimate of drug-likeness (QED) is 0.249. The largest absolute Gasteiger partial charge is 0.481 e.